The number of imidazole rings is 1. The standard InChI is InChI=1S/C14H18N6O/c1-10-7-18-11(8-17-10)14(21)20-6-3-15-9-12(20)13-16-4-5-19(13)2/h4-5,7-8,12,15H,3,6,9H2,1-2H3. The second-order valence-electron chi connectivity index (χ2n) is 5.16. The largest absolute Gasteiger partial charge is 0.336 e. The molecular weight excluding hydrogens is 268 g/mol. The van der Waals surface area contributed by atoms with Gasteiger partial charge >= 0.3 is 0 Å². The van der Waals surface area contributed by atoms with Crippen LogP contribution < -0.4 is 5.32 Å². The van der Waals surface area contributed by atoms with Gasteiger partial charge in [-0.2, -0.15) is 0 Å². The van der Waals surface area contributed by atoms with Crippen LogP contribution in [0.25, 0.3) is 0 Å². The molecule has 1 aliphatic rings. The van der Waals surface area contributed by atoms with E-state index < -0.39 is 0 Å². The van der Waals surface area contributed by atoms with Gasteiger partial charge in [-0.05, 0) is 6.92 Å². The summed E-state index contributed by atoms with van der Waals surface area (Å²) in [4.78, 5) is 27.2. The predicted octanol–water partition coefficient (Wildman–Crippen LogP) is 0.305. The second-order valence-corrected chi connectivity index (χ2v) is 5.16. The first-order valence-electron chi connectivity index (χ1n) is 6.94. The fraction of sp³-hybridized carbons (Fsp3) is 0.429. The van der Waals surface area contributed by atoms with Gasteiger partial charge in [0.1, 0.15) is 17.6 Å². The van der Waals surface area contributed by atoms with Crippen LogP contribution in [-0.2, 0) is 7.05 Å². The molecule has 1 amide bonds. The predicted molar refractivity (Wildman–Crippen MR) is 76.6 cm³/mol. The van der Waals surface area contributed by atoms with Gasteiger partial charge in [-0.25, -0.2) is 9.97 Å². The normalized spacial score (nSPS) is 18.8. The summed E-state index contributed by atoms with van der Waals surface area (Å²) < 4.78 is 1.94. The number of hydrogen-bond acceptors (Lipinski definition) is 5. The average Bonchev–Trinajstić information content (AvgIpc) is 2.93. The number of nitrogens with one attached hydrogen (secondary N) is 1. The molecule has 0 radical (unpaired) electrons. The van der Waals surface area contributed by atoms with Crippen LogP contribution in [0, 0.1) is 6.92 Å². The third kappa shape index (κ3) is 2.64. The van der Waals surface area contributed by atoms with E-state index in [-0.39, 0.29) is 11.9 Å². The zero-order valence-electron chi connectivity index (χ0n) is 12.2. The van der Waals surface area contributed by atoms with Gasteiger partial charge in [0.05, 0.1) is 11.9 Å². The minimum atomic E-state index is -0.1000. The van der Waals surface area contributed by atoms with Gasteiger partial charge in [-0.15, -0.1) is 0 Å². The van der Waals surface area contributed by atoms with E-state index in [0.717, 1.165) is 18.1 Å². The van der Waals surface area contributed by atoms with E-state index in [0.29, 0.717) is 18.8 Å². The van der Waals surface area contributed by atoms with Gasteiger partial charge in [-0.1, -0.05) is 0 Å². The maximum absolute atomic E-state index is 12.7. The molecule has 110 valence electrons. The van der Waals surface area contributed by atoms with Crippen molar-refractivity contribution in [2.75, 3.05) is 19.6 Å². The first-order chi connectivity index (χ1) is 10.2. The van der Waals surface area contributed by atoms with E-state index in [1.54, 1.807) is 12.4 Å². The summed E-state index contributed by atoms with van der Waals surface area (Å²) in [6.07, 6.45) is 6.79. The molecule has 7 heteroatoms. The van der Waals surface area contributed by atoms with E-state index in [1.807, 2.05) is 29.6 Å². The van der Waals surface area contributed by atoms with E-state index in [9.17, 15) is 4.79 Å². The Bertz CT molecular complexity index is 635. The molecule has 0 bridgehead atoms. The molecule has 0 aromatic carbocycles. The Morgan fingerprint density at radius 2 is 2.19 bits per heavy atom. The molecule has 2 aromatic rings. The Morgan fingerprint density at radius 1 is 1.33 bits per heavy atom. The monoisotopic (exact) mass is 286 g/mol. The van der Waals surface area contributed by atoms with Crippen molar-refractivity contribution in [1.29, 1.82) is 0 Å². The summed E-state index contributed by atoms with van der Waals surface area (Å²) in [5.74, 6) is 0.771. The fourth-order valence-corrected chi connectivity index (χ4v) is 2.53. The highest BCUT2D eigenvalue weighted by Crippen LogP contribution is 2.22. The molecule has 21 heavy (non-hydrogen) atoms. The fourth-order valence-electron chi connectivity index (χ4n) is 2.53. The molecule has 1 fully saturated rings. The van der Waals surface area contributed by atoms with Crippen molar-refractivity contribution < 1.29 is 4.79 Å². The van der Waals surface area contributed by atoms with Crippen LogP contribution in [0.5, 0.6) is 0 Å². The number of hydrogen-bond donors (Lipinski definition) is 1. The van der Waals surface area contributed by atoms with Crippen LogP contribution >= 0.6 is 0 Å². The maximum Gasteiger partial charge on any atom is 0.274 e. The van der Waals surface area contributed by atoms with Gasteiger partial charge in [0.2, 0.25) is 0 Å². The van der Waals surface area contributed by atoms with Crippen LogP contribution in [0.3, 0.4) is 0 Å². The molecule has 7 nitrogen and oxygen atoms in total. The van der Waals surface area contributed by atoms with Crippen molar-refractivity contribution in [1.82, 2.24) is 29.7 Å². The second kappa shape index (κ2) is 5.61. The summed E-state index contributed by atoms with van der Waals surface area (Å²) in [5.41, 5.74) is 1.18. The summed E-state index contributed by atoms with van der Waals surface area (Å²) in [6, 6.07) is -0.0886. The van der Waals surface area contributed by atoms with Crippen LogP contribution in [0.15, 0.2) is 24.8 Å². The maximum atomic E-state index is 12.7. The van der Waals surface area contributed by atoms with E-state index in [1.165, 1.54) is 6.20 Å². The SMILES string of the molecule is Cc1cnc(C(=O)N2CCNCC2c2nccn2C)cn1. The number of rotatable bonds is 2. The zero-order valence-corrected chi connectivity index (χ0v) is 12.2. The van der Waals surface area contributed by atoms with E-state index in [4.69, 9.17) is 0 Å². The number of aromatic nitrogens is 4. The highest BCUT2D eigenvalue weighted by molar-refractivity contribution is 5.92. The van der Waals surface area contributed by atoms with E-state index in [2.05, 4.69) is 20.3 Å². The molecule has 3 heterocycles. The summed E-state index contributed by atoms with van der Waals surface area (Å²) >= 11 is 0. The van der Waals surface area contributed by atoms with Gasteiger partial charge in [-0.3, -0.25) is 9.78 Å². The lowest BCUT2D eigenvalue weighted by Crippen LogP contribution is -2.49. The van der Waals surface area contributed by atoms with Gasteiger partial charge in [0, 0.05) is 45.3 Å². The van der Waals surface area contributed by atoms with Crippen LogP contribution in [-0.4, -0.2) is 50.0 Å². The van der Waals surface area contributed by atoms with E-state index >= 15 is 0 Å². The molecule has 2 aromatic heterocycles. The first kappa shape index (κ1) is 13.7. The first-order valence-corrected chi connectivity index (χ1v) is 6.94. The molecule has 1 unspecified atom stereocenters. The number of nitrogens with zero attached hydrogens (tertiary/aromatic N) is 5. The lowest BCUT2D eigenvalue weighted by atomic mass is 10.1. The van der Waals surface area contributed by atoms with Crippen molar-refractivity contribution in [2.45, 2.75) is 13.0 Å². The Kier molecular flexibility index (Phi) is 3.66. The molecular formula is C14H18N6O. The molecule has 1 saturated heterocycles. The third-order valence-electron chi connectivity index (χ3n) is 3.66. The third-order valence-corrected chi connectivity index (χ3v) is 3.66. The number of carbonyl (C=O) groups excluding carboxylic acids is 1. The van der Waals surface area contributed by atoms with Gasteiger partial charge < -0.3 is 14.8 Å². The lowest BCUT2D eigenvalue weighted by molar-refractivity contribution is 0.0614. The Hall–Kier alpha value is -2.28. The van der Waals surface area contributed by atoms with Gasteiger partial charge in [0.15, 0.2) is 0 Å². The van der Waals surface area contributed by atoms with Crippen molar-refractivity contribution in [3.05, 3.63) is 42.0 Å². The molecule has 0 aliphatic carbocycles. The molecule has 0 spiro atoms. The van der Waals surface area contributed by atoms with Gasteiger partial charge in [0.25, 0.3) is 5.91 Å². The summed E-state index contributed by atoms with van der Waals surface area (Å²) in [5, 5.41) is 3.31. The molecule has 3 rings (SSSR count). The number of amides is 1. The summed E-state index contributed by atoms with van der Waals surface area (Å²) in [6.45, 7) is 3.94. The zero-order chi connectivity index (χ0) is 14.8. The van der Waals surface area contributed by atoms with Crippen LogP contribution in [0.1, 0.15) is 28.0 Å². The topological polar surface area (TPSA) is 75.9 Å². The highest BCUT2D eigenvalue weighted by atomic mass is 16.2. The minimum Gasteiger partial charge on any atom is -0.336 e. The molecule has 1 aliphatic heterocycles. The highest BCUT2D eigenvalue weighted by Gasteiger charge is 2.31. The Balaban J connectivity index is 1.89. The summed E-state index contributed by atoms with van der Waals surface area (Å²) in [7, 11) is 1.94. The lowest BCUT2D eigenvalue weighted by Gasteiger charge is -2.35. The van der Waals surface area contributed by atoms with Crippen molar-refractivity contribution in [2.24, 2.45) is 7.05 Å². The Morgan fingerprint density at radius 3 is 2.86 bits per heavy atom. The Labute approximate surface area is 123 Å². The van der Waals surface area contributed by atoms with Crippen molar-refractivity contribution in [3.63, 3.8) is 0 Å². The minimum absolute atomic E-state index is 0.0886. The number of carbonyl (C=O) groups is 1. The van der Waals surface area contributed by atoms with Crippen LogP contribution in [0.2, 0.25) is 0 Å². The molecule has 1 N–H and O–H groups in total. The molecule has 0 saturated carbocycles. The van der Waals surface area contributed by atoms with Crippen molar-refractivity contribution >= 4 is 5.91 Å². The molecule has 1 atom stereocenters. The number of aryl methyl sites for hydroxylation is 2. The van der Waals surface area contributed by atoms with Crippen LogP contribution in [0.4, 0.5) is 0 Å². The quantitative estimate of drug-likeness (QED) is 0.859. The smallest absolute Gasteiger partial charge is 0.274 e. The van der Waals surface area contributed by atoms with Crippen molar-refractivity contribution in [3.8, 4) is 0 Å². The average molecular weight is 286 g/mol. The number of piperazine rings is 1.